The van der Waals surface area contributed by atoms with Gasteiger partial charge in [0.15, 0.2) is 15.5 Å². The summed E-state index contributed by atoms with van der Waals surface area (Å²) in [5.74, 6) is -1.77. The molecule has 0 bridgehead atoms. The molecule has 2 fully saturated rings. The minimum atomic E-state index is -3.30. The van der Waals surface area contributed by atoms with Crippen LogP contribution in [0.25, 0.3) is 16.9 Å². The van der Waals surface area contributed by atoms with Gasteiger partial charge in [-0.05, 0) is 73.2 Å². The molecule has 23 heteroatoms. The van der Waals surface area contributed by atoms with E-state index in [0.29, 0.717) is 103 Å². The van der Waals surface area contributed by atoms with E-state index in [9.17, 15) is 32.4 Å². The number of ether oxygens (including phenoxy) is 5. The van der Waals surface area contributed by atoms with Gasteiger partial charge in [-0.25, -0.2) is 12.9 Å². The molecule has 3 aliphatic rings. The van der Waals surface area contributed by atoms with Crippen molar-refractivity contribution in [1.82, 2.24) is 35.0 Å². The predicted octanol–water partition coefficient (Wildman–Crippen LogP) is 2.38. The first-order chi connectivity index (χ1) is 35.4. The van der Waals surface area contributed by atoms with Crippen LogP contribution in [0, 0.1) is 0 Å². The van der Waals surface area contributed by atoms with Crippen LogP contribution >= 0.6 is 0 Å². The number of benzene rings is 3. The van der Waals surface area contributed by atoms with Crippen LogP contribution in [0.1, 0.15) is 33.6 Å². The molecule has 2 aromatic heterocycles. The lowest BCUT2D eigenvalue weighted by Gasteiger charge is -2.35. The normalized spacial score (nSPS) is 16.3. The second-order valence-corrected chi connectivity index (χ2v) is 19.4. The Morgan fingerprint density at radius 1 is 0.712 bits per heavy atom. The Bertz CT molecular complexity index is 2840. The van der Waals surface area contributed by atoms with E-state index in [1.165, 1.54) is 6.26 Å². The zero-order valence-electron chi connectivity index (χ0n) is 40.6. The van der Waals surface area contributed by atoms with Gasteiger partial charge in [0.05, 0.1) is 94.3 Å². The Morgan fingerprint density at radius 3 is 1.97 bits per heavy atom. The summed E-state index contributed by atoms with van der Waals surface area (Å²) in [7, 11) is -3.30. The smallest absolute Gasteiger partial charge is 0.262 e. The highest BCUT2D eigenvalue weighted by Gasteiger charge is 2.44. The van der Waals surface area contributed by atoms with Gasteiger partial charge in [-0.2, -0.15) is 4.98 Å². The zero-order valence-corrected chi connectivity index (χ0v) is 41.4. The maximum absolute atomic E-state index is 13.0. The highest BCUT2D eigenvalue weighted by Crippen LogP contribution is 2.30. The molecule has 0 saturated carbocycles. The van der Waals surface area contributed by atoms with Crippen molar-refractivity contribution in [2.24, 2.45) is 0 Å². The van der Waals surface area contributed by atoms with Gasteiger partial charge in [-0.3, -0.25) is 39.1 Å². The number of aromatic nitrogens is 3. The minimum absolute atomic E-state index is 0.0415. The van der Waals surface area contributed by atoms with Crippen molar-refractivity contribution in [2.75, 3.05) is 134 Å². The van der Waals surface area contributed by atoms with Gasteiger partial charge < -0.3 is 44.5 Å². The van der Waals surface area contributed by atoms with Gasteiger partial charge in [0, 0.05) is 74.6 Å². The van der Waals surface area contributed by atoms with Crippen molar-refractivity contribution in [3.05, 3.63) is 96.1 Å². The lowest BCUT2D eigenvalue weighted by Crippen LogP contribution is -2.54. The Kier molecular flexibility index (Phi) is 18.1. The number of piperidine rings is 1. The number of nitrogens with one attached hydrogen (secondary N) is 4. The first-order valence-electron chi connectivity index (χ1n) is 24.2. The summed E-state index contributed by atoms with van der Waals surface area (Å²) in [6, 6.07) is 24.3. The number of fused-ring (bicyclic) bond motifs is 2. The molecule has 2 saturated heterocycles. The number of rotatable bonds is 27. The third kappa shape index (κ3) is 14.2. The predicted molar refractivity (Wildman–Crippen MR) is 269 cm³/mol. The van der Waals surface area contributed by atoms with Gasteiger partial charge in [0.2, 0.25) is 23.7 Å². The number of sulfone groups is 1. The average Bonchev–Trinajstić information content (AvgIpc) is 3.91. The lowest BCUT2D eigenvalue weighted by molar-refractivity contribution is -0.136. The van der Waals surface area contributed by atoms with Crippen molar-refractivity contribution in [3.8, 4) is 11.3 Å². The van der Waals surface area contributed by atoms with Crippen LogP contribution in [-0.2, 0) is 47.9 Å². The summed E-state index contributed by atoms with van der Waals surface area (Å²) in [5.41, 5.74) is 5.24. The Hall–Kier alpha value is -6.86. The van der Waals surface area contributed by atoms with Crippen LogP contribution in [-0.4, -0.2) is 187 Å². The molecule has 5 amide bonds. The second kappa shape index (κ2) is 25.2. The maximum atomic E-state index is 13.0. The third-order valence-electron chi connectivity index (χ3n) is 12.2. The number of anilines is 4. The van der Waals surface area contributed by atoms with E-state index in [1.807, 2.05) is 30.3 Å². The highest BCUT2D eigenvalue weighted by atomic mass is 32.2. The van der Waals surface area contributed by atoms with Gasteiger partial charge in [0.1, 0.15) is 6.04 Å². The molecular formula is C50H60N10O12S. The lowest BCUT2D eigenvalue weighted by atomic mass is 10.0. The molecule has 5 heterocycles. The summed E-state index contributed by atoms with van der Waals surface area (Å²) >= 11 is 0. The number of imide groups is 2. The number of carbonyl (C=O) groups is 5. The quantitative estimate of drug-likeness (QED) is 0.0435. The Balaban J connectivity index is 0.593. The van der Waals surface area contributed by atoms with Gasteiger partial charge >= 0.3 is 0 Å². The van der Waals surface area contributed by atoms with E-state index in [2.05, 4.69) is 53.3 Å². The fourth-order valence-corrected chi connectivity index (χ4v) is 9.08. The summed E-state index contributed by atoms with van der Waals surface area (Å²) < 4.78 is 53.4. The zero-order chi connectivity index (χ0) is 51.2. The summed E-state index contributed by atoms with van der Waals surface area (Å²) in [6.45, 7) is 8.28. The van der Waals surface area contributed by atoms with Crippen LogP contribution in [0.4, 0.5) is 23.0 Å². The fraction of sp³-hybridized carbons (Fsp3) is 0.420. The Labute approximate surface area is 422 Å². The first kappa shape index (κ1) is 52.5. The SMILES string of the molecule is CS(=O)(=O)c1ccc(-c2cccc3nc(Nc4ccc(N5CCN(CC(=O)NCCOCCOCCOCCOCCOCCNc6ccc7c(c6)C(=O)N(C6CCC(=O)NC6=O)C7=O)CC5)cc4)nn23)cc1. The number of nitrogens with zero attached hydrogens (tertiary/aromatic N) is 6. The monoisotopic (exact) mass is 1020 g/mol. The molecular weight excluding hydrogens is 965 g/mol. The maximum Gasteiger partial charge on any atom is 0.262 e. The molecule has 8 rings (SSSR count). The van der Waals surface area contributed by atoms with Crippen LogP contribution in [0.5, 0.6) is 0 Å². The molecule has 5 aromatic rings. The van der Waals surface area contributed by atoms with E-state index in [4.69, 9.17) is 23.7 Å². The van der Waals surface area contributed by atoms with E-state index >= 15 is 0 Å². The molecule has 0 aliphatic carbocycles. The van der Waals surface area contributed by atoms with E-state index in [0.717, 1.165) is 53.7 Å². The summed E-state index contributed by atoms with van der Waals surface area (Å²) in [6.07, 6.45) is 1.35. The van der Waals surface area contributed by atoms with Crippen molar-refractivity contribution in [1.29, 1.82) is 0 Å². The average molecular weight is 1030 g/mol. The third-order valence-corrected chi connectivity index (χ3v) is 13.4. The van der Waals surface area contributed by atoms with Crippen molar-refractivity contribution >= 4 is 68.0 Å². The number of hydrogen-bond donors (Lipinski definition) is 4. The number of piperazine rings is 1. The van der Waals surface area contributed by atoms with Gasteiger partial charge in [-0.1, -0.05) is 18.2 Å². The van der Waals surface area contributed by atoms with Crippen LogP contribution in [0.2, 0.25) is 0 Å². The van der Waals surface area contributed by atoms with Crippen molar-refractivity contribution in [2.45, 2.75) is 23.8 Å². The molecule has 1 atom stereocenters. The number of pyridine rings is 1. The topological polar surface area (TPSA) is 254 Å². The summed E-state index contributed by atoms with van der Waals surface area (Å²) in [4.78, 5) is 72.5. The minimum Gasteiger partial charge on any atom is -0.383 e. The van der Waals surface area contributed by atoms with E-state index in [-0.39, 0.29) is 34.8 Å². The van der Waals surface area contributed by atoms with Crippen LogP contribution in [0.3, 0.4) is 0 Å². The first-order valence-corrected chi connectivity index (χ1v) is 26.1. The van der Waals surface area contributed by atoms with E-state index < -0.39 is 39.5 Å². The molecule has 388 valence electrons. The fourth-order valence-electron chi connectivity index (χ4n) is 8.45. The molecule has 1 unspecified atom stereocenters. The molecule has 4 N–H and O–H groups in total. The van der Waals surface area contributed by atoms with E-state index in [1.54, 1.807) is 47.0 Å². The molecule has 3 aliphatic heterocycles. The second-order valence-electron chi connectivity index (χ2n) is 17.4. The molecule has 3 aromatic carbocycles. The summed E-state index contributed by atoms with van der Waals surface area (Å²) in [5, 5.41) is 16.2. The number of amides is 5. The van der Waals surface area contributed by atoms with Crippen molar-refractivity contribution < 1.29 is 56.1 Å². The molecule has 22 nitrogen and oxygen atoms in total. The number of hydrogen-bond acceptors (Lipinski definition) is 18. The largest absolute Gasteiger partial charge is 0.383 e. The van der Waals surface area contributed by atoms with Gasteiger partial charge in [-0.15, -0.1) is 5.10 Å². The molecule has 73 heavy (non-hydrogen) atoms. The molecule has 0 spiro atoms. The van der Waals surface area contributed by atoms with Crippen LogP contribution in [0.15, 0.2) is 89.8 Å². The van der Waals surface area contributed by atoms with Crippen LogP contribution < -0.4 is 26.2 Å². The highest BCUT2D eigenvalue weighted by molar-refractivity contribution is 7.90. The number of carbonyl (C=O) groups excluding carboxylic acids is 5. The Morgan fingerprint density at radius 2 is 1.33 bits per heavy atom. The molecule has 0 radical (unpaired) electrons. The van der Waals surface area contributed by atoms with Gasteiger partial charge in [0.25, 0.3) is 11.8 Å². The van der Waals surface area contributed by atoms with Crippen molar-refractivity contribution in [3.63, 3.8) is 0 Å². The standard InChI is InChI=1S/C50H60N10O12S/c1-73(66,67)39-12-5-35(6-13-39)42-3-2-4-44-54-50(56-60(42)44)53-36-7-10-38(11-8-36)58-21-19-57(20-22-58)34-46(62)52-18-24-69-26-28-71-30-32-72-31-29-70-27-25-68-23-17-51-37-9-14-40-41(33-37)49(65)59(48(40)64)43-15-16-45(61)55-47(43)63/h2-14,33,43,51H,15-32,34H2,1H3,(H,52,62)(H,53,56)(H,55,61,63).